The van der Waals surface area contributed by atoms with Crippen molar-refractivity contribution in [3.8, 4) is 5.75 Å². The molecule has 1 heterocycles. The number of hydrogen-bond donors (Lipinski definition) is 1. The first-order valence-corrected chi connectivity index (χ1v) is 7.43. The molecule has 20 heavy (non-hydrogen) atoms. The van der Waals surface area contributed by atoms with Gasteiger partial charge in [0.15, 0.2) is 0 Å². The van der Waals surface area contributed by atoms with E-state index in [1.807, 2.05) is 18.2 Å². The van der Waals surface area contributed by atoms with Crippen LogP contribution in [0.25, 0.3) is 6.08 Å². The summed E-state index contributed by atoms with van der Waals surface area (Å²) < 4.78 is 5.61. The lowest BCUT2D eigenvalue weighted by molar-refractivity contribution is -0.118. The van der Waals surface area contributed by atoms with Gasteiger partial charge in [-0.2, -0.15) is 0 Å². The number of rotatable bonds is 2. The number of halogens is 1. The number of nitrogens with one attached hydrogen (secondary N) is 1. The van der Waals surface area contributed by atoms with Crippen molar-refractivity contribution in [1.82, 2.24) is 5.32 Å². The first-order chi connectivity index (χ1) is 9.61. The van der Waals surface area contributed by atoms with Crippen molar-refractivity contribution in [1.29, 1.82) is 0 Å². The van der Waals surface area contributed by atoms with E-state index < -0.39 is 0 Å². The molecule has 1 saturated carbocycles. The Kier molecular flexibility index (Phi) is 3.70. The normalized spacial score (nSPS) is 24.6. The summed E-state index contributed by atoms with van der Waals surface area (Å²) in [5.74, 6) is 1.46. The highest BCUT2D eigenvalue weighted by Crippen LogP contribution is 2.29. The third kappa shape index (κ3) is 2.83. The molecule has 0 aromatic heterocycles. The number of carbonyl (C=O) groups is 1. The van der Waals surface area contributed by atoms with Crippen LogP contribution in [0.15, 0.2) is 23.8 Å². The summed E-state index contributed by atoms with van der Waals surface area (Å²) in [5, 5.41) is 3.75. The first kappa shape index (κ1) is 13.5. The molecule has 1 aromatic carbocycles. The average molecular weight is 292 g/mol. The SMILES string of the molecule is CC1CCC(NC(=O)C2=Cc3cc(Cl)ccc3OC2)C1. The van der Waals surface area contributed by atoms with Gasteiger partial charge in [-0.25, -0.2) is 0 Å². The zero-order valence-corrected chi connectivity index (χ0v) is 12.2. The Morgan fingerprint density at radius 2 is 2.25 bits per heavy atom. The molecule has 0 bridgehead atoms. The fourth-order valence-corrected chi connectivity index (χ4v) is 3.08. The van der Waals surface area contributed by atoms with Crippen LogP contribution in [-0.4, -0.2) is 18.6 Å². The van der Waals surface area contributed by atoms with E-state index in [0.29, 0.717) is 29.2 Å². The van der Waals surface area contributed by atoms with E-state index >= 15 is 0 Å². The highest BCUT2D eigenvalue weighted by Gasteiger charge is 2.25. The summed E-state index contributed by atoms with van der Waals surface area (Å²) >= 11 is 5.97. The third-order valence-electron chi connectivity index (χ3n) is 4.01. The quantitative estimate of drug-likeness (QED) is 0.907. The molecule has 1 N–H and O–H groups in total. The van der Waals surface area contributed by atoms with Gasteiger partial charge in [0.25, 0.3) is 5.91 Å². The molecule has 1 amide bonds. The largest absolute Gasteiger partial charge is 0.488 e. The van der Waals surface area contributed by atoms with Gasteiger partial charge >= 0.3 is 0 Å². The smallest absolute Gasteiger partial charge is 0.250 e. The predicted molar refractivity (Wildman–Crippen MR) is 79.9 cm³/mol. The Hall–Kier alpha value is -1.48. The molecule has 106 valence electrons. The van der Waals surface area contributed by atoms with Crippen molar-refractivity contribution in [2.45, 2.75) is 32.2 Å². The summed E-state index contributed by atoms with van der Waals surface area (Å²) in [6.45, 7) is 2.55. The molecule has 0 spiro atoms. The standard InChI is InChI=1S/C16H18ClNO2/c1-10-2-4-14(6-10)18-16(19)12-7-11-8-13(17)3-5-15(11)20-9-12/h3,5,7-8,10,14H,2,4,6,9H2,1H3,(H,18,19). The molecular weight excluding hydrogens is 274 g/mol. The van der Waals surface area contributed by atoms with E-state index in [1.165, 1.54) is 6.42 Å². The molecule has 0 saturated heterocycles. The fourth-order valence-electron chi connectivity index (χ4n) is 2.90. The minimum Gasteiger partial charge on any atom is -0.488 e. The Labute approximate surface area is 124 Å². The summed E-state index contributed by atoms with van der Waals surface area (Å²) in [4.78, 5) is 12.3. The van der Waals surface area contributed by atoms with Gasteiger partial charge in [-0.3, -0.25) is 4.79 Å². The van der Waals surface area contributed by atoms with E-state index in [0.717, 1.165) is 24.2 Å². The maximum Gasteiger partial charge on any atom is 0.250 e. The summed E-state index contributed by atoms with van der Waals surface area (Å²) in [5.41, 5.74) is 1.54. The first-order valence-electron chi connectivity index (χ1n) is 7.05. The second kappa shape index (κ2) is 5.49. The monoisotopic (exact) mass is 291 g/mol. The number of benzene rings is 1. The average Bonchev–Trinajstić information content (AvgIpc) is 2.83. The molecule has 2 aliphatic rings. The zero-order chi connectivity index (χ0) is 14.1. The van der Waals surface area contributed by atoms with Gasteiger partial charge in [-0.1, -0.05) is 18.5 Å². The Balaban J connectivity index is 1.72. The summed E-state index contributed by atoms with van der Waals surface area (Å²) in [6.07, 6.45) is 5.21. The molecule has 3 rings (SSSR count). The topological polar surface area (TPSA) is 38.3 Å². The maximum atomic E-state index is 12.3. The molecule has 2 atom stereocenters. The minimum atomic E-state index is -0.0188. The Morgan fingerprint density at radius 3 is 3.00 bits per heavy atom. The van der Waals surface area contributed by atoms with E-state index in [9.17, 15) is 4.79 Å². The van der Waals surface area contributed by atoms with Crippen molar-refractivity contribution in [3.63, 3.8) is 0 Å². The molecule has 3 nitrogen and oxygen atoms in total. The predicted octanol–water partition coefficient (Wildman–Crippen LogP) is 3.42. The molecule has 1 aliphatic carbocycles. The van der Waals surface area contributed by atoms with Crippen LogP contribution in [0.2, 0.25) is 5.02 Å². The number of hydrogen-bond acceptors (Lipinski definition) is 2. The highest BCUT2D eigenvalue weighted by molar-refractivity contribution is 6.30. The van der Waals surface area contributed by atoms with Gasteiger partial charge in [-0.05, 0) is 49.5 Å². The summed E-state index contributed by atoms with van der Waals surface area (Å²) in [6, 6.07) is 5.75. The fraction of sp³-hybridized carbons (Fsp3) is 0.438. The van der Waals surface area contributed by atoms with Gasteiger partial charge in [0.1, 0.15) is 12.4 Å². The van der Waals surface area contributed by atoms with Crippen LogP contribution >= 0.6 is 11.6 Å². The number of carbonyl (C=O) groups excluding carboxylic acids is 1. The van der Waals surface area contributed by atoms with Gasteiger partial charge < -0.3 is 10.1 Å². The van der Waals surface area contributed by atoms with Crippen molar-refractivity contribution in [2.75, 3.05) is 6.61 Å². The zero-order valence-electron chi connectivity index (χ0n) is 11.5. The highest BCUT2D eigenvalue weighted by atomic mass is 35.5. The van der Waals surface area contributed by atoms with Crippen LogP contribution in [0.3, 0.4) is 0 Å². The molecular formula is C16H18ClNO2. The van der Waals surface area contributed by atoms with Crippen LogP contribution in [-0.2, 0) is 4.79 Å². The number of fused-ring (bicyclic) bond motifs is 1. The third-order valence-corrected chi connectivity index (χ3v) is 4.24. The Morgan fingerprint density at radius 1 is 1.40 bits per heavy atom. The van der Waals surface area contributed by atoms with Gasteiger partial charge in [0, 0.05) is 16.6 Å². The van der Waals surface area contributed by atoms with Gasteiger partial charge in [0.2, 0.25) is 0 Å². The van der Waals surface area contributed by atoms with Crippen LogP contribution in [0, 0.1) is 5.92 Å². The van der Waals surface area contributed by atoms with E-state index in [1.54, 1.807) is 6.07 Å². The lowest BCUT2D eigenvalue weighted by atomic mass is 10.1. The maximum absolute atomic E-state index is 12.3. The number of ether oxygens (including phenoxy) is 1. The van der Waals surface area contributed by atoms with Crippen molar-refractivity contribution in [3.05, 3.63) is 34.4 Å². The lowest BCUT2D eigenvalue weighted by Gasteiger charge is -2.19. The molecule has 0 radical (unpaired) electrons. The molecule has 4 heteroatoms. The van der Waals surface area contributed by atoms with Gasteiger partial charge in [0.05, 0.1) is 5.57 Å². The van der Waals surface area contributed by atoms with Crippen molar-refractivity contribution in [2.24, 2.45) is 5.92 Å². The van der Waals surface area contributed by atoms with Crippen LogP contribution in [0.5, 0.6) is 5.75 Å². The van der Waals surface area contributed by atoms with Crippen molar-refractivity contribution < 1.29 is 9.53 Å². The van der Waals surface area contributed by atoms with Crippen LogP contribution in [0.1, 0.15) is 31.7 Å². The van der Waals surface area contributed by atoms with Crippen molar-refractivity contribution >= 4 is 23.6 Å². The van der Waals surface area contributed by atoms with Gasteiger partial charge in [-0.15, -0.1) is 0 Å². The molecule has 2 unspecified atom stereocenters. The lowest BCUT2D eigenvalue weighted by Crippen LogP contribution is -2.35. The molecule has 1 aliphatic heterocycles. The van der Waals surface area contributed by atoms with E-state index in [4.69, 9.17) is 16.3 Å². The number of amides is 1. The van der Waals surface area contributed by atoms with E-state index in [-0.39, 0.29) is 5.91 Å². The molecule has 1 fully saturated rings. The van der Waals surface area contributed by atoms with E-state index in [2.05, 4.69) is 12.2 Å². The Bertz CT molecular complexity index is 568. The van der Waals surface area contributed by atoms with Crippen LogP contribution in [0.4, 0.5) is 0 Å². The second-order valence-corrected chi connectivity index (χ2v) is 6.17. The summed E-state index contributed by atoms with van der Waals surface area (Å²) in [7, 11) is 0. The second-order valence-electron chi connectivity index (χ2n) is 5.73. The van der Waals surface area contributed by atoms with Crippen LogP contribution < -0.4 is 10.1 Å². The molecule has 1 aromatic rings. The minimum absolute atomic E-state index is 0.0188.